The first-order valence-corrected chi connectivity index (χ1v) is 8.81. The molecule has 0 atom stereocenters. The van der Waals surface area contributed by atoms with E-state index in [2.05, 4.69) is 72.7 Å². The summed E-state index contributed by atoms with van der Waals surface area (Å²) in [7, 11) is 0. The molecule has 0 aromatic heterocycles. The largest absolute Gasteiger partial charge is 0.367 e. The lowest BCUT2D eigenvalue weighted by atomic mass is 10.0. The van der Waals surface area contributed by atoms with Gasteiger partial charge in [0.15, 0.2) is 0 Å². The first-order chi connectivity index (χ1) is 12.5. The summed E-state index contributed by atoms with van der Waals surface area (Å²) in [6.07, 6.45) is 3.36. The highest BCUT2D eigenvalue weighted by Crippen LogP contribution is 2.14. The van der Waals surface area contributed by atoms with E-state index in [-0.39, 0.29) is 18.4 Å². The summed E-state index contributed by atoms with van der Waals surface area (Å²) in [5, 5.41) is 11.9. The van der Waals surface area contributed by atoms with Gasteiger partial charge in [0.05, 0.1) is 12.4 Å². The Balaban J connectivity index is 0.00000364. The van der Waals surface area contributed by atoms with Gasteiger partial charge in [-0.3, -0.25) is 0 Å². The highest BCUT2D eigenvalue weighted by atomic mass is 35.5. The Labute approximate surface area is 167 Å². The Morgan fingerprint density at radius 3 is 1.70 bits per heavy atom. The summed E-state index contributed by atoms with van der Waals surface area (Å²) in [6.45, 7) is 8.67. The van der Waals surface area contributed by atoms with Crippen LogP contribution in [0.15, 0.2) is 63.8 Å². The van der Waals surface area contributed by atoms with E-state index in [1.165, 1.54) is 11.1 Å². The predicted molar refractivity (Wildman–Crippen MR) is 118 cm³/mol. The summed E-state index contributed by atoms with van der Waals surface area (Å²) in [4.78, 5) is 0. The number of rotatable bonds is 6. The lowest BCUT2D eigenvalue weighted by Gasteiger charge is -2.04. The van der Waals surface area contributed by atoms with Crippen LogP contribution in [0.3, 0.4) is 0 Å². The summed E-state index contributed by atoms with van der Waals surface area (Å²) in [5.74, 6) is 1.16. The van der Waals surface area contributed by atoms with Crippen LogP contribution in [0.5, 0.6) is 0 Å². The van der Waals surface area contributed by atoms with Gasteiger partial charge in [-0.25, -0.2) is 5.43 Å². The van der Waals surface area contributed by atoms with Crippen LogP contribution in [0.25, 0.3) is 0 Å². The molecular weight excluding hydrogens is 358 g/mol. The maximum absolute atomic E-state index is 5.74. The first kappa shape index (κ1) is 22.4. The topological polar surface area (TPSA) is 75.1 Å². The number of halogens is 1. The van der Waals surface area contributed by atoms with Crippen LogP contribution in [-0.4, -0.2) is 18.4 Å². The van der Waals surface area contributed by atoms with Crippen LogP contribution < -0.4 is 11.2 Å². The maximum Gasteiger partial charge on any atom is 0.234 e. The fraction of sp³-hybridized carbons (Fsp3) is 0.286. The number of hydrogen-bond acceptors (Lipinski definition) is 3. The van der Waals surface area contributed by atoms with E-state index in [0.29, 0.717) is 11.8 Å². The highest BCUT2D eigenvalue weighted by Gasteiger charge is 1.98. The van der Waals surface area contributed by atoms with Gasteiger partial charge >= 0.3 is 0 Å². The maximum atomic E-state index is 5.74. The SMILES string of the molecule is CC(C)c1ccc(/C=N/N=C(N)N/N=C/c2ccc(C(C)C)cc2)cc1.Cl. The molecule has 0 saturated heterocycles. The average Bonchev–Trinajstić information content (AvgIpc) is 2.62. The van der Waals surface area contributed by atoms with Crippen LogP contribution in [0.4, 0.5) is 0 Å². The second-order valence-electron chi connectivity index (χ2n) is 6.74. The molecule has 0 heterocycles. The quantitative estimate of drug-likeness (QED) is 0.432. The molecule has 0 aliphatic rings. The second-order valence-corrected chi connectivity index (χ2v) is 6.74. The molecule has 0 bridgehead atoms. The molecule has 3 N–H and O–H groups in total. The fourth-order valence-corrected chi connectivity index (χ4v) is 2.29. The molecule has 2 rings (SSSR count). The minimum atomic E-state index is 0. The van der Waals surface area contributed by atoms with Gasteiger partial charge in [-0.05, 0) is 34.1 Å². The van der Waals surface area contributed by atoms with E-state index < -0.39 is 0 Å². The molecule has 0 fully saturated rings. The van der Waals surface area contributed by atoms with Crippen molar-refractivity contribution in [1.82, 2.24) is 5.43 Å². The predicted octanol–water partition coefficient (Wildman–Crippen LogP) is 4.63. The zero-order valence-corrected chi connectivity index (χ0v) is 17.1. The van der Waals surface area contributed by atoms with Crippen LogP contribution in [0, 0.1) is 0 Å². The lowest BCUT2D eigenvalue weighted by Crippen LogP contribution is -2.26. The number of nitrogens with zero attached hydrogens (tertiary/aromatic N) is 3. The summed E-state index contributed by atoms with van der Waals surface area (Å²) >= 11 is 0. The van der Waals surface area contributed by atoms with E-state index in [4.69, 9.17) is 5.73 Å². The Bertz CT molecular complexity index is 775. The summed E-state index contributed by atoms with van der Waals surface area (Å²) < 4.78 is 0. The molecule has 0 aliphatic heterocycles. The van der Waals surface area contributed by atoms with Crippen molar-refractivity contribution in [1.29, 1.82) is 0 Å². The first-order valence-electron chi connectivity index (χ1n) is 8.81. The summed E-state index contributed by atoms with van der Waals surface area (Å²) in [5.41, 5.74) is 13.0. The number of hydrazone groups is 1. The van der Waals surface area contributed by atoms with Crippen LogP contribution >= 0.6 is 12.4 Å². The normalized spacial score (nSPS) is 12.1. The Morgan fingerprint density at radius 2 is 1.26 bits per heavy atom. The molecular formula is C21H28ClN5. The third kappa shape index (κ3) is 7.62. The Kier molecular flexibility index (Phi) is 9.23. The van der Waals surface area contributed by atoms with Gasteiger partial charge in [-0.2, -0.15) is 10.2 Å². The molecule has 144 valence electrons. The second kappa shape index (κ2) is 11.1. The van der Waals surface area contributed by atoms with E-state index in [1.807, 2.05) is 24.3 Å². The Hall–Kier alpha value is -2.66. The monoisotopic (exact) mass is 385 g/mol. The van der Waals surface area contributed by atoms with Crippen molar-refractivity contribution in [3.8, 4) is 0 Å². The molecule has 6 heteroatoms. The standard InChI is InChI=1S/C21H27N5.ClH/c1-15(2)19-9-5-17(6-10-19)13-23-25-21(22)26-24-14-18-7-11-20(12-8-18)16(3)4;/h5-16H,1-4H3,(H3,22,25,26);1H/b23-13+,24-14+;. The van der Waals surface area contributed by atoms with Crippen molar-refractivity contribution in [2.24, 2.45) is 21.0 Å². The third-order valence-electron chi connectivity index (χ3n) is 3.97. The Morgan fingerprint density at radius 1 is 0.815 bits per heavy atom. The number of nitrogens with one attached hydrogen (secondary N) is 1. The summed E-state index contributed by atoms with van der Waals surface area (Å²) in [6, 6.07) is 16.4. The van der Waals surface area contributed by atoms with E-state index in [9.17, 15) is 0 Å². The molecule has 0 aliphatic carbocycles. The minimum absolute atomic E-state index is 0. The van der Waals surface area contributed by atoms with Gasteiger partial charge < -0.3 is 5.73 Å². The molecule has 0 radical (unpaired) electrons. The fourth-order valence-electron chi connectivity index (χ4n) is 2.29. The van der Waals surface area contributed by atoms with Gasteiger partial charge in [-0.15, -0.1) is 17.5 Å². The van der Waals surface area contributed by atoms with Gasteiger partial charge in [0, 0.05) is 0 Å². The van der Waals surface area contributed by atoms with Gasteiger partial charge in [0.25, 0.3) is 0 Å². The molecule has 0 spiro atoms. The molecule has 0 saturated carbocycles. The average molecular weight is 386 g/mol. The molecule has 0 unspecified atom stereocenters. The smallest absolute Gasteiger partial charge is 0.234 e. The third-order valence-corrected chi connectivity index (χ3v) is 3.97. The van der Waals surface area contributed by atoms with E-state index in [1.54, 1.807) is 12.4 Å². The minimum Gasteiger partial charge on any atom is -0.367 e. The van der Waals surface area contributed by atoms with Gasteiger partial charge in [0.2, 0.25) is 5.96 Å². The molecule has 5 nitrogen and oxygen atoms in total. The van der Waals surface area contributed by atoms with Crippen molar-refractivity contribution in [3.63, 3.8) is 0 Å². The van der Waals surface area contributed by atoms with Crippen molar-refractivity contribution in [2.75, 3.05) is 0 Å². The van der Waals surface area contributed by atoms with Gasteiger partial charge in [-0.1, -0.05) is 76.2 Å². The van der Waals surface area contributed by atoms with Gasteiger partial charge in [0.1, 0.15) is 0 Å². The van der Waals surface area contributed by atoms with Crippen molar-refractivity contribution >= 4 is 30.8 Å². The number of benzene rings is 2. The molecule has 27 heavy (non-hydrogen) atoms. The highest BCUT2D eigenvalue weighted by molar-refractivity contribution is 5.85. The molecule has 0 amide bonds. The van der Waals surface area contributed by atoms with Crippen molar-refractivity contribution in [2.45, 2.75) is 39.5 Å². The zero-order chi connectivity index (χ0) is 18.9. The molecule has 2 aromatic carbocycles. The van der Waals surface area contributed by atoms with Crippen molar-refractivity contribution in [3.05, 3.63) is 70.8 Å². The number of nitrogens with two attached hydrogens (primary N) is 1. The van der Waals surface area contributed by atoms with E-state index in [0.717, 1.165) is 11.1 Å². The number of guanidine groups is 1. The van der Waals surface area contributed by atoms with E-state index >= 15 is 0 Å². The van der Waals surface area contributed by atoms with Crippen LogP contribution in [0.2, 0.25) is 0 Å². The van der Waals surface area contributed by atoms with Crippen molar-refractivity contribution < 1.29 is 0 Å². The zero-order valence-electron chi connectivity index (χ0n) is 16.3. The van der Waals surface area contributed by atoms with Crippen LogP contribution in [-0.2, 0) is 0 Å². The lowest BCUT2D eigenvalue weighted by molar-refractivity contribution is 0.866. The number of hydrogen-bond donors (Lipinski definition) is 2. The van der Waals surface area contributed by atoms with Crippen LogP contribution in [0.1, 0.15) is 61.8 Å². The molecule has 2 aromatic rings.